The number of aromatic hydroxyl groups is 6. The van der Waals surface area contributed by atoms with Crippen molar-refractivity contribution in [3.05, 3.63) is 34.9 Å². The Morgan fingerprint density at radius 3 is 1.87 bits per heavy atom. The zero-order valence-corrected chi connectivity index (χ0v) is 39.2. The molecule has 5 aliphatic carbocycles. The first-order chi connectivity index (χ1) is 32.3. The van der Waals surface area contributed by atoms with Crippen molar-refractivity contribution in [1.82, 2.24) is 0 Å². The number of carbonyl (C=O) groups is 3. The normalized spacial score (nSPS) is 39.8. The molecule has 2 aromatic carbocycles. The van der Waals surface area contributed by atoms with Gasteiger partial charge in [-0.1, -0.05) is 46.3 Å². The van der Waals surface area contributed by atoms with Gasteiger partial charge in [0.05, 0.1) is 41.8 Å². The van der Waals surface area contributed by atoms with Crippen molar-refractivity contribution >= 4 is 17.9 Å². The third-order valence-electron chi connectivity index (χ3n) is 18.9. The quantitative estimate of drug-likeness (QED) is 0.0885. The molecule has 2 heterocycles. The van der Waals surface area contributed by atoms with E-state index in [0.29, 0.717) is 51.4 Å². The molecule has 4 saturated carbocycles. The average molecular weight is 969 g/mol. The van der Waals surface area contributed by atoms with E-state index in [1.807, 2.05) is 6.92 Å². The molecule has 0 spiro atoms. The first kappa shape index (κ1) is 49.1. The Hall–Kier alpha value is -4.89. The number of fused-ring (bicyclic) bond motifs is 11. The van der Waals surface area contributed by atoms with Gasteiger partial charge in [0.2, 0.25) is 17.8 Å². The molecule has 9 rings (SSSR count). The molecule has 2 aromatic rings. The lowest BCUT2D eigenvalue weighted by molar-refractivity contribution is -0.297. The van der Waals surface area contributed by atoms with Gasteiger partial charge in [-0.05, 0) is 109 Å². The summed E-state index contributed by atoms with van der Waals surface area (Å²) in [6, 6.07) is 1.48. The number of aliphatic hydroxyl groups excluding tert-OH is 6. The van der Waals surface area contributed by atoms with E-state index >= 15 is 0 Å². The molecule has 12 N–H and O–H groups in total. The minimum absolute atomic E-state index is 0.0126. The lowest BCUT2D eigenvalue weighted by Crippen LogP contribution is -2.70. The highest BCUT2D eigenvalue weighted by Gasteiger charge is 2.73. The monoisotopic (exact) mass is 968 g/mol. The number of aliphatic hydroxyl groups is 6. The highest BCUT2D eigenvalue weighted by molar-refractivity contribution is 6.08. The number of rotatable bonds is 5. The zero-order chi connectivity index (χ0) is 50.3. The number of allylic oxidation sites excluding steroid dienone is 2. The van der Waals surface area contributed by atoms with Gasteiger partial charge < -0.3 is 80.2 Å². The molecule has 0 bridgehead atoms. The number of hydrogen-bond acceptors (Lipinski definition) is 19. The number of esters is 3. The molecule has 7 aliphatic rings. The van der Waals surface area contributed by atoms with Gasteiger partial charge >= 0.3 is 17.9 Å². The van der Waals surface area contributed by atoms with Crippen molar-refractivity contribution in [3.8, 4) is 45.6 Å². The number of phenolic OH excluding ortho intramolecular Hbond substituents is 6. The minimum atomic E-state index is -1.77. The van der Waals surface area contributed by atoms with E-state index in [1.165, 1.54) is 0 Å². The van der Waals surface area contributed by atoms with Gasteiger partial charge in [-0.3, -0.25) is 4.79 Å². The molecule has 0 amide bonds. The molecule has 14 atom stereocenters. The molecule has 0 unspecified atom stereocenters. The molecule has 5 fully saturated rings. The summed E-state index contributed by atoms with van der Waals surface area (Å²) in [4.78, 5) is 43.8. The highest BCUT2D eigenvalue weighted by atomic mass is 16.7. The molecule has 1 saturated heterocycles. The van der Waals surface area contributed by atoms with Crippen molar-refractivity contribution in [2.75, 3.05) is 19.8 Å². The highest BCUT2D eigenvalue weighted by Crippen LogP contribution is 2.76. The number of phenols is 6. The van der Waals surface area contributed by atoms with Crippen molar-refractivity contribution in [3.63, 3.8) is 0 Å². The maximum atomic E-state index is 14.8. The summed E-state index contributed by atoms with van der Waals surface area (Å²) in [7, 11) is 0. The molecular weight excluding hydrogens is 905 g/mol. The number of carbonyl (C=O) groups excluding carboxylic acids is 3. The Morgan fingerprint density at radius 1 is 0.710 bits per heavy atom. The fourth-order valence-corrected chi connectivity index (χ4v) is 14.9. The van der Waals surface area contributed by atoms with Gasteiger partial charge in [0.15, 0.2) is 23.0 Å². The van der Waals surface area contributed by atoms with Crippen LogP contribution in [0.5, 0.6) is 34.5 Å². The summed E-state index contributed by atoms with van der Waals surface area (Å²) in [5.41, 5.74) is -6.69. The van der Waals surface area contributed by atoms with E-state index in [-0.39, 0.29) is 23.7 Å². The Balaban J connectivity index is 1.12. The van der Waals surface area contributed by atoms with Crippen molar-refractivity contribution in [2.45, 2.75) is 135 Å². The standard InChI is InChI=1S/C50H64O19/c1-45(2)10-12-49(44(65)69-43-39(62)38(61)35(58)28(18-51)67-43)13-11-47(4)23(24(49)16-45)6-7-29-46(3)17-27-40(50(19-52,20-53)30(46)8-9-48(29,47)5)68-42(64)22-15-26(55)34(57)37(60)32(22)31-21(41(63)66-27)14-25(54)33(56)36(31)59/h6,14-15,24,27-30,35,38-40,43,51-62H,7-13,16-20H2,1-5H3/t24-,27-,28-,29-,30-,35-,38+,39-,40+,43+,46-,47-,48-,49+/m1/s1. The summed E-state index contributed by atoms with van der Waals surface area (Å²) in [6.45, 7) is 8.54. The number of hydrogen-bond donors (Lipinski definition) is 12. The van der Waals surface area contributed by atoms with Crippen molar-refractivity contribution in [2.24, 2.45) is 50.2 Å². The number of benzene rings is 2. The van der Waals surface area contributed by atoms with Crippen LogP contribution in [0.2, 0.25) is 0 Å². The van der Waals surface area contributed by atoms with Gasteiger partial charge in [0, 0.05) is 11.1 Å². The average Bonchev–Trinajstić information content (AvgIpc) is 3.30. The predicted molar refractivity (Wildman–Crippen MR) is 237 cm³/mol. The Kier molecular flexibility index (Phi) is 11.6. The maximum Gasteiger partial charge on any atom is 0.339 e. The third kappa shape index (κ3) is 6.73. The van der Waals surface area contributed by atoms with Crippen LogP contribution in [0.15, 0.2) is 23.8 Å². The summed E-state index contributed by atoms with van der Waals surface area (Å²) in [5, 5.41) is 130. The summed E-state index contributed by atoms with van der Waals surface area (Å²) in [6.07, 6.45) is -4.79. The smallest absolute Gasteiger partial charge is 0.339 e. The fourth-order valence-electron chi connectivity index (χ4n) is 14.9. The SMILES string of the molecule is CC1(C)CC[C@]2(C(=O)O[C@@H]3O[C@H](CO)[C@@H](O)[C@H](O)[C@H]3O)CC[C@]3(C)C(=CC[C@@H]4[C@@]5(C)C[C@H]6OC(=O)c7cc(O)c(O)c(O)c7-c7c(cc(O)c(O)c7O)C(=O)O[C@@H]6C(CO)(CO)[C@@H]5CC[C@]43C)[C@H]2C1. The molecule has 0 radical (unpaired) electrons. The van der Waals surface area contributed by atoms with E-state index in [0.717, 1.165) is 17.7 Å². The van der Waals surface area contributed by atoms with Crippen LogP contribution in [0, 0.1) is 50.2 Å². The van der Waals surface area contributed by atoms with Crippen LogP contribution in [-0.4, -0.2) is 142 Å². The van der Waals surface area contributed by atoms with Gasteiger partial charge in [-0.25, -0.2) is 9.59 Å². The van der Waals surface area contributed by atoms with Crippen molar-refractivity contribution < 1.29 is 94.6 Å². The Morgan fingerprint density at radius 2 is 1.29 bits per heavy atom. The van der Waals surface area contributed by atoms with E-state index in [1.54, 1.807) is 0 Å². The van der Waals surface area contributed by atoms with E-state index in [9.17, 15) is 75.7 Å². The summed E-state index contributed by atoms with van der Waals surface area (Å²) >= 11 is 0. The van der Waals surface area contributed by atoms with Gasteiger partial charge in [0.1, 0.15) is 36.6 Å². The van der Waals surface area contributed by atoms with Crippen LogP contribution < -0.4 is 0 Å². The molecule has 2 aliphatic heterocycles. The summed E-state index contributed by atoms with van der Waals surface area (Å²) in [5.74, 6) is -10.9. The predicted octanol–water partition coefficient (Wildman–Crippen LogP) is 3.35. The first-order valence-electron chi connectivity index (χ1n) is 23.7. The molecule has 19 heteroatoms. The molecule has 0 aromatic heterocycles. The Bertz CT molecular complexity index is 2500. The van der Waals surface area contributed by atoms with Crippen LogP contribution in [0.25, 0.3) is 11.1 Å². The lowest BCUT2D eigenvalue weighted by Gasteiger charge is -2.71. The van der Waals surface area contributed by atoms with Crippen LogP contribution in [0.4, 0.5) is 0 Å². The van der Waals surface area contributed by atoms with Crippen LogP contribution in [0.3, 0.4) is 0 Å². The molecule has 69 heavy (non-hydrogen) atoms. The topological polar surface area (TPSA) is 331 Å². The van der Waals surface area contributed by atoms with Crippen LogP contribution in [0.1, 0.15) is 113 Å². The molecular formula is C50H64O19. The molecule has 19 nitrogen and oxygen atoms in total. The molecule has 378 valence electrons. The second-order valence-corrected chi connectivity index (χ2v) is 22.5. The Labute approximate surface area is 397 Å². The van der Waals surface area contributed by atoms with Gasteiger partial charge in [-0.15, -0.1) is 0 Å². The number of ether oxygens (including phenoxy) is 4. The third-order valence-corrected chi connectivity index (χ3v) is 18.9. The first-order valence-corrected chi connectivity index (χ1v) is 23.7. The largest absolute Gasteiger partial charge is 0.504 e. The van der Waals surface area contributed by atoms with Crippen LogP contribution >= 0.6 is 0 Å². The van der Waals surface area contributed by atoms with E-state index in [2.05, 4.69) is 33.8 Å². The van der Waals surface area contributed by atoms with Crippen LogP contribution in [-0.2, 0) is 23.7 Å². The van der Waals surface area contributed by atoms with Gasteiger partial charge in [-0.2, -0.15) is 0 Å². The second kappa shape index (κ2) is 16.3. The second-order valence-electron chi connectivity index (χ2n) is 22.5. The van der Waals surface area contributed by atoms with E-state index < -0.39 is 170 Å². The fraction of sp³-hybridized carbons (Fsp3) is 0.660. The summed E-state index contributed by atoms with van der Waals surface area (Å²) < 4.78 is 24.0. The zero-order valence-electron chi connectivity index (χ0n) is 39.2. The minimum Gasteiger partial charge on any atom is -0.504 e. The maximum absolute atomic E-state index is 14.8. The van der Waals surface area contributed by atoms with Gasteiger partial charge in [0.25, 0.3) is 0 Å². The van der Waals surface area contributed by atoms with E-state index in [4.69, 9.17) is 18.9 Å². The van der Waals surface area contributed by atoms with Crippen molar-refractivity contribution in [1.29, 1.82) is 0 Å². The lowest BCUT2D eigenvalue weighted by atomic mass is 9.33.